The van der Waals surface area contributed by atoms with Gasteiger partial charge in [-0.1, -0.05) is 24.5 Å². The molecular weight excluding hydrogens is 202 g/mol. The number of hydrogen-bond acceptors (Lipinski definition) is 1. The van der Waals surface area contributed by atoms with E-state index in [2.05, 4.69) is 12.0 Å². The number of halogens is 1. The van der Waals surface area contributed by atoms with Crippen molar-refractivity contribution in [2.24, 2.45) is 0 Å². The van der Waals surface area contributed by atoms with E-state index in [9.17, 15) is 4.39 Å². The van der Waals surface area contributed by atoms with Crippen LogP contribution in [-0.4, -0.2) is 17.6 Å². The molecule has 0 fully saturated rings. The van der Waals surface area contributed by atoms with Crippen LogP contribution in [0, 0.1) is 5.82 Å². The summed E-state index contributed by atoms with van der Waals surface area (Å²) in [4.78, 5) is 0. The van der Waals surface area contributed by atoms with E-state index in [1.54, 1.807) is 24.5 Å². The van der Waals surface area contributed by atoms with Crippen molar-refractivity contribution >= 4 is 13.3 Å². The smallest absolute Gasteiger partial charge is 0.123 e. The minimum Gasteiger partial charge on any atom is -0.266 e. The number of rotatable bonds is 3. The molecule has 4 heteroatoms. The SMILES string of the molecule is [B]c1cnn(C(CC)c2ccc(F)cc2)c1. The maximum Gasteiger partial charge on any atom is 0.123 e. The Morgan fingerprint density at radius 1 is 1.38 bits per heavy atom. The molecule has 2 radical (unpaired) electrons. The van der Waals surface area contributed by atoms with Gasteiger partial charge in [-0.25, -0.2) is 4.39 Å². The van der Waals surface area contributed by atoms with Crippen LogP contribution in [0.15, 0.2) is 36.7 Å². The Morgan fingerprint density at radius 2 is 2.06 bits per heavy atom. The molecule has 0 saturated heterocycles. The summed E-state index contributed by atoms with van der Waals surface area (Å²) in [6.45, 7) is 2.06. The first-order valence-corrected chi connectivity index (χ1v) is 5.26. The van der Waals surface area contributed by atoms with Gasteiger partial charge in [0.1, 0.15) is 13.7 Å². The molecule has 0 N–H and O–H groups in total. The molecule has 1 heterocycles. The van der Waals surface area contributed by atoms with E-state index in [1.807, 2.05) is 4.68 Å². The number of aromatic nitrogens is 2. The molecule has 0 amide bonds. The second kappa shape index (κ2) is 4.52. The van der Waals surface area contributed by atoms with E-state index in [0.29, 0.717) is 5.46 Å². The van der Waals surface area contributed by atoms with Gasteiger partial charge < -0.3 is 0 Å². The zero-order valence-corrected chi connectivity index (χ0v) is 9.10. The lowest BCUT2D eigenvalue weighted by Crippen LogP contribution is -2.11. The van der Waals surface area contributed by atoms with Crippen LogP contribution in [0.3, 0.4) is 0 Å². The molecule has 1 aromatic carbocycles. The van der Waals surface area contributed by atoms with Crippen molar-refractivity contribution in [1.29, 1.82) is 0 Å². The largest absolute Gasteiger partial charge is 0.266 e. The molecule has 1 unspecified atom stereocenters. The van der Waals surface area contributed by atoms with Crippen molar-refractivity contribution in [1.82, 2.24) is 9.78 Å². The first kappa shape index (κ1) is 10.9. The molecule has 2 aromatic rings. The highest BCUT2D eigenvalue weighted by atomic mass is 19.1. The van der Waals surface area contributed by atoms with Crippen LogP contribution in [0.4, 0.5) is 4.39 Å². The zero-order chi connectivity index (χ0) is 11.5. The summed E-state index contributed by atoms with van der Waals surface area (Å²) in [5.41, 5.74) is 1.67. The second-order valence-corrected chi connectivity index (χ2v) is 3.73. The van der Waals surface area contributed by atoms with Gasteiger partial charge in [0.15, 0.2) is 0 Å². The first-order valence-electron chi connectivity index (χ1n) is 5.26. The van der Waals surface area contributed by atoms with Crippen LogP contribution in [0.25, 0.3) is 0 Å². The van der Waals surface area contributed by atoms with Gasteiger partial charge in [-0.15, -0.1) is 0 Å². The molecule has 16 heavy (non-hydrogen) atoms. The fourth-order valence-corrected chi connectivity index (χ4v) is 1.78. The summed E-state index contributed by atoms with van der Waals surface area (Å²) in [7, 11) is 5.63. The van der Waals surface area contributed by atoms with Crippen LogP contribution in [0.2, 0.25) is 0 Å². The third-order valence-electron chi connectivity index (χ3n) is 2.58. The van der Waals surface area contributed by atoms with E-state index < -0.39 is 0 Å². The van der Waals surface area contributed by atoms with Gasteiger partial charge in [-0.3, -0.25) is 4.68 Å². The lowest BCUT2D eigenvalue weighted by molar-refractivity contribution is 0.508. The predicted molar refractivity (Wildman–Crippen MR) is 62.4 cm³/mol. The van der Waals surface area contributed by atoms with Gasteiger partial charge in [-0.05, 0) is 24.1 Å². The van der Waals surface area contributed by atoms with E-state index in [0.717, 1.165) is 12.0 Å². The molecule has 2 nitrogen and oxygen atoms in total. The average Bonchev–Trinajstić information content (AvgIpc) is 2.69. The lowest BCUT2D eigenvalue weighted by Gasteiger charge is -2.15. The van der Waals surface area contributed by atoms with Crippen LogP contribution >= 0.6 is 0 Å². The standard InChI is InChI=1S/C12H12BFN2/c1-2-12(16-8-10(13)7-15-16)9-3-5-11(14)6-4-9/h3-8,12H,2H2,1H3. The third kappa shape index (κ3) is 2.16. The summed E-state index contributed by atoms with van der Waals surface area (Å²) in [6, 6.07) is 6.59. The van der Waals surface area contributed by atoms with E-state index in [-0.39, 0.29) is 11.9 Å². The van der Waals surface area contributed by atoms with E-state index in [4.69, 9.17) is 7.85 Å². The topological polar surface area (TPSA) is 17.8 Å². The van der Waals surface area contributed by atoms with Gasteiger partial charge in [0.05, 0.1) is 6.04 Å². The maximum atomic E-state index is 12.8. The van der Waals surface area contributed by atoms with Gasteiger partial charge in [0.2, 0.25) is 0 Å². The van der Waals surface area contributed by atoms with Gasteiger partial charge in [0, 0.05) is 12.4 Å². The highest BCUT2D eigenvalue weighted by Gasteiger charge is 2.11. The van der Waals surface area contributed by atoms with Gasteiger partial charge in [0.25, 0.3) is 0 Å². The molecule has 2 rings (SSSR count). The van der Waals surface area contributed by atoms with Crippen molar-refractivity contribution in [2.75, 3.05) is 0 Å². The van der Waals surface area contributed by atoms with E-state index >= 15 is 0 Å². The van der Waals surface area contributed by atoms with Crippen molar-refractivity contribution in [3.63, 3.8) is 0 Å². The fraction of sp³-hybridized carbons (Fsp3) is 0.250. The molecule has 0 saturated carbocycles. The predicted octanol–water partition coefficient (Wildman–Crippen LogP) is 1.82. The molecule has 0 aliphatic carbocycles. The Hall–Kier alpha value is -1.58. The van der Waals surface area contributed by atoms with Gasteiger partial charge in [-0.2, -0.15) is 5.10 Å². The van der Waals surface area contributed by atoms with Crippen molar-refractivity contribution in [3.05, 3.63) is 48.0 Å². The number of benzene rings is 1. The van der Waals surface area contributed by atoms with Crippen LogP contribution in [0.5, 0.6) is 0 Å². The van der Waals surface area contributed by atoms with Crippen LogP contribution in [-0.2, 0) is 0 Å². The zero-order valence-electron chi connectivity index (χ0n) is 9.10. The first-order chi connectivity index (χ1) is 7.70. The highest BCUT2D eigenvalue weighted by Crippen LogP contribution is 2.20. The molecule has 80 valence electrons. The van der Waals surface area contributed by atoms with Crippen molar-refractivity contribution in [3.8, 4) is 0 Å². The summed E-state index contributed by atoms with van der Waals surface area (Å²) >= 11 is 0. The van der Waals surface area contributed by atoms with Crippen LogP contribution in [0.1, 0.15) is 24.9 Å². The summed E-state index contributed by atoms with van der Waals surface area (Å²) in [5, 5.41) is 4.18. The summed E-state index contributed by atoms with van der Waals surface area (Å²) < 4.78 is 14.6. The quantitative estimate of drug-likeness (QED) is 0.712. The average molecular weight is 214 g/mol. The number of nitrogens with zero attached hydrogens (tertiary/aromatic N) is 2. The van der Waals surface area contributed by atoms with Gasteiger partial charge >= 0.3 is 0 Å². The molecular formula is C12H12BFN2. The lowest BCUT2D eigenvalue weighted by atomic mass is 10.0. The molecule has 0 aliphatic rings. The Balaban J connectivity index is 2.32. The third-order valence-corrected chi connectivity index (χ3v) is 2.58. The maximum absolute atomic E-state index is 12.8. The summed E-state index contributed by atoms with van der Waals surface area (Å²) in [6.07, 6.45) is 4.29. The minimum atomic E-state index is -0.224. The van der Waals surface area contributed by atoms with E-state index in [1.165, 1.54) is 12.1 Å². The Morgan fingerprint density at radius 3 is 2.56 bits per heavy atom. The Kier molecular flexibility index (Phi) is 3.08. The normalized spacial score (nSPS) is 12.6. The molecule has 0 spiro atoms. The van der Waals surface area contributed by atoms with Crippen LogP contribution < -0.4 is 5.46 Å². The fourth-order valence-electron chi connectivity index (χ4n) is 1.78. The van der Waals surface area contributed by atoms with Crippen molar-refractivity contribution < 1.29 is 4.39 Å². The molecule has 1 aromatic heterocycles. The monoisotopic (exact) mass is 214 g/mol. The molecule has 0 bridgehead atoms. The Bertz CT molecular complexity index is 464. The molecule has 1 atom stereocenters. The second-order valence-electron chi connectivity index (χ2n) is 3.73. The Labute approximate surface area is 95.5 Å². The number of hydrogen-bond donors (Lipinski definition) is 0. The molecule has 0 aliphatic heterocycles. The minimum absolute atomic E-state index is 0.109. The summed E-state index contributed by atoms with van der Waals surface area (Å²) in [5.74, 6) is -0.224. The highest BCUT2D eigenvalue weighted by molar-refractivity contribution is 6.31. The van der Waals surface area contributed by atoms with Crippen molar-refractivity contribution in [2.45, 2.75) is 19.4 Å².